The average Bonchev–Trinajstić information content (AvgIpc) is 2.39. The topological polar surface area (TPSA) is 64.3 Å². The van der Waals surface area contributed by atoms with Gasteiger partial charge in [0.15, 0.2) is 17.4 Å². The largest absolute Gasteiger partial charge is 0.488 e. The number of carbonyl (C=O) groups is 1. The number of amides is 1. The maximum Gasteiger partial charge on any atom is 0.237 e. The molecule has 0 heterocycles. The van der Waals surface area contributed by atoms with Crippen molar-refractivity contribution in [3.63, 3.8) is 0 Å². The molecule has 1 amide bonds. The van der Waals surface area contributed by atoms with Crippen molar-refractivity contribution in [1.82, 2.24) is 5.32 Å². The molecule has 0 spiro atoms. The number of hydrogen-bond donors (Lipinski definition) is 2. The Morgan fingerprint density at radius 3 is 2.50 bits per heavy atom. The first-order chi connectivity index (χ1) is 9.40. The first kappa shape index (κ1) is 16.4. The highest BCUT2D eigenvalue weighted by atomic mass is 19.1. The lowest BCUT2D eigenvalue weighted by molar-refractivity contribution is -0.124. The number of nitrogens with two attached hydrogens (primary N) is 1. The van der Waals surface area contributed by atoms with Crippen molar-refractivity contribution >= 4 is 5.91 Å². The van der Waals surface area contributed by atoms with Crippen molar-refractivity contribution in [2.75, 3.05) is 13.2 Å². The molecule has 1 unspecified atom stereocenters. The fourth-order valence-electron chi connectivity index (χ4n) is 1.68. The zero-order valence-corrected chi connectivity index (χ0v) is 11.7. The molecular weight excluding hydrogens is 266 g/mol. The smallest absolute Gasteiger partial charge is 0.237 e. The van der Waals surface area contributed by atoms with E-state index in [4.69, 9.17) is 10.5 Å². The Hall–Kier alpha value is -1.69. The lowest BCUT2D eigenvalue weighted by Gasteiger charge is -2.27. The molecule has 0 fully saturated rings. The molecule has 6 heteroatoms. The minimum absolute atomic E-state index is 0.0198. The van der Waals surface area contributed by atoms with Crippen molar-refractivity contribution in [2.45, 2.75) is 32.2 Å². The third-order valence-electron chi connectivity index (χ3n) is 3.08. The Morgan fingerprint density at radius 2 is 2.00 bits per heavy atom. The van der Waals surface area contributed by atoms with Crippen LogP contribution in [-0.2, 0) is 4.79 Å². The predicted molar refractivity (Wildman–Crippen MR) is 72.4 cm³/mol. The van der Waals surface area contributed by atoms with Crippen LogP contribution in [0.15, 0.2) is 18.2 Å². The summed E-state index contributed by atoms with van der Waals surface area (Å²) in [5.41, 5.74) is 4.39. The van der Waals surface area contributed by atoms with Crippen molar-refractivity contribution in [3.8, 4) is 5.75 Å². The molecule has 0 bridgehead atoms. The molecule has 1 rings (SSSR count). The summed E-state index contributed by atoms with van der Waals surface area (Å²) in [6, 6.07) is 3.48. The fraction of sp³-hybridized carbons (Fsp3) is 0.500. The number of nitrogens with one attached hydrogen (secondary N) is 1. The number of rotatable bonds is 8. The lowest BCUT2D eigenvalue weighted by Crippen LogP contribution is -2.54. The molecule has 4 nitrogen and oxygen atoms in total. The molecule has 1 atom stereocenters. The first-order valence-electron chi connectivity index (χ1n) is 6.52. The van der Waals surface area contributed by atoms with Crippen molar-refractivity contribution in [2.24, 2.45) is 5.73 Å². The molecule has 20 heavy (non-hydrogen) atoms. The maximum atomic E-state index is 13.4. The van der Waals surface area contributed by atoms with Gasteiger partial charge in [-0.3, -0.25) is 4.79 Å². The Bertz CT molecular complexity index is 448. The van der Waals surface area contributed by atoms with Gasteiger partial charge in [0.05, 0.1) is 12.1 Å². The van der Waals surface area contributed by atoms with Gasteiger partial charge in [-0.05, 0) is 32.0 Å². The quantitative estimate of drug-likeness (QED) is 0.768. The van der Waals surface area contributed by atoms with Gasteiger partial charge in [-0.25, -0.2) is 8.78 Å². The summed E-state index contributed by atoms with van der Waals surface area (Å²) in [4.78, 5) is 11.5. The second-order valence-electron chi connectivity index (χ2n) is 4.77. The predicted octanol–water partition coefficient (Wildman–Crippen LogP) is 1.98. The summed E-state index contributed by atoms with van der Waals surface area (Å²) in [5, 5.41) is 3.02. The van der Waals surface area contributed by atoms with Crippen LogP contribution in [0, 0.1) is 11.6 Å². The van der Waals surface area contributed by atoms with Crippen LogP contribution >= 0.6 is 0 Å². The standard InChI is InChI=1S/C14H20F2N2O2/c1-3-8-18-14(2,13(17)19)7-9-20-12-10(15)5-4-6-11(12)16/h4-6,18H,3,7-9H2,1-2H3,(H2,17,19). The van der Waals surface area contributed by atoms with Gasteiger partial charge in [0.1, 0.15) is 0 Å². The van der Waals surface area contributed by atoms with Crippen molar-refractivity contribution < 1.29 is 18.3 Å². The fourth-order valence-corrected chi connectivity index (χ4v) is 1.68. The highest BCUT2D eigenvalue weighted by Gasteiger charge is 2.30. The van der Waals surface area contributed by atoms with Crippen LogP contribution in [0.2, 0.25) is 0 Å². The van der Waals surface area contributed by atoms with Gasteiger partial charge in [0.2, 0.25) is 5.91 Å². The Balaban J connectivity index is 2.63. The van der Waals surface area contributed by atoms with Crippen LogP contribution < -0.4 is 15.8 Å². The van der Waals surface area contributed by atoms with Crippen LogP contribution in [-0.4, -0.2) is 24.6 Å². The normalized spacial score (nSPS) is 13.8. The van der Waals surface area contributed by atoms with Gasteiger partial charge in [-0.15, -0.1) is 0 Å². The van der Waals surface area contributed by atoms with Gasteiger partial charge in [0.25, 0.3) is 0 Å². The second-order valence-corrected chi connectivity index (χ2v) is 4.77. The summed E-state index contributed by atoms with van der Waals surface area (Å²) in [5.74, 6) is -2.50. The zero-order chi connectivity index (χ0) is 15.2. The third-order valence-corrected chi connectivity index (χ3v) is 3.08. The van der Waals surface area contributed by atoms with Gasteiger partial charge in [-0.1, -0.05) is 13.0 Å². The van der Waals surface area contributed by atoms with Crippen molar-refractivity contribution in [3.05, 3.63) is 29.8 Å². The number of para-hydroxylation sites is 1. The van der Waals surface area contributed by atoms with Gasteiger partial charge in [-0.2, -0.15) is 0 Å². The third kappa shape index (κ3) is 4.16. The highest BCUT2D eigenvalue weighted by molar-refractivity contribution is 5.84. The van der Waals surface area contributed by atoms with Crippen LogP contribution in [0.1, 0.15) is 26.7 Å². The summed E-state index contributed by atoms with van der Waals surface area (Å²) >= 11 is 0. The number of hydrogen-bond acceptors (Lipinski definition) is 3. The van der Waals surface area contributed by atoms with E-state index in [-0.39, 0.29) is 13.0 Å². The number of benzene rings is 1. The van der Waals surface area contributed by atoms with Crippen LogP contribution in [0.5, 0.6) is 5.75 Å². The monoisotopic (exact) mass is 286 g/mol. The average molecular weight is 286 g/mol. The van der Waals surface area contributed by atoms with E-state index in [1.54, 1.807) is 6.92 Å². The minimum atomic E-state index is -0.961. The van der Waals surface area contributed by atoms with E-state index in [2.05, 4.69) is 5.32 Å². The van der Waals surface area contributed by atoms with E-state index < -0.39 is 28.8 Å². The van der Waals surface area contributed by atoms with E-state index in [1.807, 2.05) is 6.92 Å². The molecular formula is C14H20F2N2O2. The minimum Gasteiger partial charge on any atom is -0.488 e. The molecule has 0 aliphatic rings. The number of ether oxygens (including phenoxy) is 1. The molecule has 1 aromatic carbocycles. The maximum absolute atomic E-state index is 13.4. The van der Waals surface area contributed by atoms with E-state index in [0.29, 0.717) is 6.54 Å². The molecule has 3 N–H and O–H groups in total. The van der Waals surface area contributed by atoms with Gasteiger partial charge < -0.3 is 15.8 Å². The Labute approximate surface area is 117 Å². The summed E-state index contributed by atoms with van der Waals surface area (Å²) < 4.78 is 31.8. The number of halogens is 2. The SMILES string of the molecule is CCCNC(C)(CCOc1c(F)cccc1F)C(N)=O. The Kier molecular flexibility index (Phi) is 5.88. The first-order valence-corrected chi connectivity index (χ1v) is 6.52. The molecule has 112 valence electrons. The van der Waals surface area contributed by atoms with E-state index in [9.17, 15) is 13.6 Å². The van der Waals surface area contributed by atoms with Gasteiger partial charge >= 0.3 is 0 Å². The molecule has 0 saturated carbocycles. The molecule has 0 aromatic heterocycles. The van der Waals surface area contributed by atoms with Gasteiger partial charge in [0, 0.05) is 6.42 Å². The summed E-state index contributed by atoms with van der Waals surface area (Å²) in [7, 11) is 0. The highest BCUT2D eigenvalue weighted by Crippen LogP contribution is 2.21. The molecule has 0 saturated heterocycles. The van der Waals surface area contributed by atoms with Crippen LogP contribution in [0.3, 0.4) is 0 Å². The molecule has 1 aromatic rings. The molecule has 0 aliphatic heterocycles. The van der Waals surface area contributed by atoms with E-state index in [1.165, 1.54) is 6.07 Å². The summed E-state index contributed by atoms with van der Waals surface area (Å²) in [6.07, 6.45) is 1.06. The summed E-state index contributed by atoms with van der Waals surface area (Å²) in [6.45, 7) is 4.20. The molecule has 0 aliphatic carbocycles. The van der Waals surface area contributed by atoms with E-state index >= 15 is 0 Å². The van der Waals surface area contributed by atoms with Crippen LogP contribution in [0.4, 0.5) is 8.78 Å². The molecule has 0 radical (unpaired) electrons. The Morgan fingerprint density at radius 1 is 1.40 bits per heavy atom. The number of carbonyl (C=O) groups excluding carboxylic acids is 1. The number of primary amides is 1. The van der Waals surface area contributed by atoms with E-state index in [0.717, 1.165) is 18.6 Å². The van der Waals surface area contributed by atoms with Crippen LogP contribution in [0.25, 0.3) is 0 Å². The lowest BCUT2D eigenvalue weighted by atomic mass is 9.97. The van der Waals surface area contributed by atoms with Crippen molar-refractivity contribution in [1.29, 1.82) is 0 Å². The second kappa shape index (κ2) is 7.19. The zero-order valence-electron chi connectivity index (χ0n) is 11.7.